The molecule has 1 aromatic rings. The number of nitrogens with zero attached hydrogens (tertiary/aromatic N) is 4. The lowest BCUT2D eigenvalue weighted by Crippen LogP contribution is -2.53. The molecule has 0 unspecified atom stereocenters. The van der Waals surface area contributed by atoms with Gasteiger partial charge in [0.1, 0.15) is 0 Å². The van der Waals surface area contributed by atoms with Crippen molar-refractivity contribution in [2.75, 3.05) is 45.0 Å². The van der Waals surface area contributed by atoms with Crippen molar-refractivity contribution in [3.05, 3.63) is 11.1 Å². The number of carbonyl (C=O) groups is 2. The first kappa shape index (κ1) is 22.0. The molecule has 0 bridgehead atoms. The van der Waals surface area contributed by atoms with Gasteiger partial charge < -0.3 is 10.0 Å². The predicted octanol–water partition coefficient (Wildman–Crippen LogP) is 2.87. The molecular weight excluding hydrogens is 420 g/mol. The Labute approximate surface area is 186 Å². The van der Waals surface area contributed by atoms with Crippen LogP contribution in [0.15, 0.2) is 9.72 Å². The van der Waals surface area contributed by atoms with E-state index in [9.17, 15) is 9.59 Å². The van der Waals surface area contributed by atoms with Gasteiger partial charge >= 0.3 is 5.97 Å². The molecule has 1 aromatic heterocycles. The molecule has 4 rings (SSSR count). The summed E-state index contributed by atoms with van der Waals surface area (Å²) in [5.41, 5.74) is 0.102. The highest BCUT2D eigenvalue weighted by Gasteiger charge is 2.33. The fourth-order valence-corrected chi connectivity index (χ4v) is 6.81. The van der Waals surface area contributed by atoms with Crippen LogP contribution in [0.2, 0.25) is 0 Å². The Morgan fingerprint density at radius 2 is 1.93 bits per heavy atom. The molecule has 1 amide bonds. The van der Waals surface area contributed by atoms with Crippen molar-refractivity contribution in [3.8, 4) is 0 Å². The van der Waals surface area contributed by atoms with Gasteiger partial charge in [-0.2, -0.15) is 0 Å². The number of carboxylic acid groups (broad SMARTS) is 1. The molecule has 30 heavy (non-hydrogen) atoms. The van der Waals surface area contributed by atoms with Gasteiger partial charge in [0.05, 0.1) is 0 Å². The molecule has 2 aliphatic heterocycles. The van der Waals surface area contributed by atoms with Gasteiger partial charge in [0.25, 0.3) is 0 Å². The molecule has 7 nitrogen and oxygen atoms in total. The third kappa shape index (κ3) is 5.55. The smallest absolute Gasteiger partial charge is 0.355 e. The number of rotatable bonds is 8. The van der Waals surface area contributed by atoms with Crippen LogP contribution in [-0.4, -0.2) is 93.8 Å². The molecule has 9 heteroatoms. The average molecular weight is 453 g/mol. The summed E-state index contributed by atoms with van der Waals surface area (Å²) in [6.07, 6.45) is 8.53. The largest absolute Gasteiger partial charge is 0.476 e. The maximum absolute atomic E-state index is 12.4. The number of hydrogen-bond acceptors (Lipinski definition) is 7. The fraction of sp³-hybridized carbons (Fsp3) is 0.762. The van der Waals surface area contributed by atoms with E-state index >= 15 is 0 Å². The van der Waals surface area contributed by atoms with E-state index in [-0.39, 0.29) is 11.6 Å². The minimum Gasteiger partial charge on any atom is -0.476 e. The zero-order chi connectivity index (χ0) is 20.9. The summed E-state index contributed by atoms with van der Waals surface area (Å²) in [5.74, 6) is 0.0212. The van der Waals surface area contributed by atoms with Crippen molar-refractivity contribution in [3.63, 3.8) is 0 Å². The van der Waals surface area contributed by atoms with Crippen LogP contribution < -0.4 is 0 Å². The van der Waals surface area contributed by atoms with Crippen molar-refractivity contribution in [1.82, 2.24) is 19.7 Å². The van der Waals surface area contributed by atoms with Crippen molar-refractivity contribution >= 4 is 35.0 Å². The Hall–Kier alpha value is -1.16. The Bertz CT molecular complexity index is 730. The fourth-order valence-electron chi connectivity index (χ4n) is 5.00. The van der Waals surface area contributed by atoms with Crippen LogP contribution in [0.3, 0.4) is 0 Å². The molecule has 3 fully saturated rings. The number of aromatic nitrogens is 1. The maximum Gasteiger partial charge on any atom is 0.355 e. The average Bonchev–Trinajstić information content (AvgIpc) is 3.37. The molecule has 0 spiro atoms. The summed E-state index contributed by atoms with van der Waals surface area (Å²) in [5, 5.41) is 10.6. The highest BCUT2D eigenvalue weighted by atomic mass is 32.2. The number of thioether (sulfide) groups is 1. The summed E-state index contributed by atoms with van der Waals surface area (Å²) in [7, 11) is 0. The van der Waals surface area contributed by atoms with E-state index in [4.69, 9.17) is 5.11 Å². The summed E-state index contributed by atoms with van der Waals surface area (Å²) in [4.78, 5) is 34.8. The predicted molar refractivity (Wildman–Crippen MR) is 119 cm³/mol. The first-order valence-electron chi connectivity index (χ1n) is 11.2. The van der Waals surface area contributed by atoms with Gasteiger partial charge in [0.15, 0.2) is 10.0 Å². The topological polar surface area (TPSA) is 77.0 Å². The zero-order valence-electron chi connectivity index (χ0n) is 17.5. The molecule has 1 atom stereocenters. The minimum absolute atomic E-state index is 0.102. The molecule has 1 N–H and O–H groups in total. The second-order valence-electron chi connectivity index (χ2n) is 8.56. The van der Waals surface area contributed by atoms with Crippen LogP contribution in [0, 0.1) is 0 Å². The molecule has 3 heterocycles. The van der Waals surface area contributed by atoms with E-state index in [1.54, 1.807) is 17.1 Å². The third-order valence-electron chi connectivity index (χ3n) is 6.68. The quantitative estimate of drug-likeness (QED) is 0.608. The highest BCUT2D eigenvalue weighted by molar-refractivity contribution is 8.01. The lowest BCUT2D eigenvalue weighted by Gasteiger charge is -2.42. The summed E-state index contributed by atoms with van der Waals surface area (Å²) < 4.78 is 0.759. The van der Waals surface area contributed by atoms with Crippen molar-refractivity contribution in [2.24, 2.45) is 0 Å². The first-order valence-corrected chi connectivity index (χ1v) is 13.0. The van der Waals surface area contributed by atoms with E-state index in [1.807, 2.05) is 4.90 Å². The van der Waals surface area contributed by atoms with Crippen LogP contribution in [-0.2, 0) is 4.79 Å². The molecule has 2 saturated heterocycles. The van der Waals surface area contributed by atoms with E-state index in [0.29, 0.717) is 19.0 Å². The second kappa shape index (κ2) is 10.4. The van der Waals surface area contributed by atoms with E-state index in [2.05, 4.69) is 14.8 Å². The summed E-state index contributed by atoms with van der Waals surface area (Å²) >= 11 is 2.90. The Kier molecular flexibility index (Phi) is 7.67. The van der Waals surface area contributed by atoms with Gasteiger partial charge in [-0.25, -0.2) is 9.78 Å². The number of carboxylic acids is 1. The van der Waals surface area contributed by atoms with Gasteiger partial charge in [-0.05, 0) is 19.3 Å². The molecule has 0 radical (unpaired) electrons. The molecule has 1 saturated carbocycles. The molecule has 166 valence electrons. The SMILES string of the molecule is O=C(O)c1csc(SCCN2C(=O)CC[C@@H]2CN2CCN(C3CCCCC3)CC2)n1. The number of hydrogen-bond donors (Lipinski definition) is 1. The lowest BCUT2D eigenvalue weighted by atomic mass is 9.94. The number of carbonyl (C=O) groups excluding carboxylic acids is 1. The van der Waals surface area contributed by atoms with Gasteiger partial charge in [0.2, 0.25) is 5.91 Å². The number of amides is 1. The van der Waals surface area contributed by atoms with Gasteiger partial charge in [-0.3, -0.25) is 14.6 Å². The van der Waals surface area contributed by atoms with Gasteiger partial charge in [0, 0.05) is 68.9 Å². The zero-order valence-corrected chi connectivity index (χ0v) is 19.1. The highest BCUT2D eigenvalue weighted by Crippen LogP contribution is 2.26. The standard InChI is InChI=1S/C21H32N4O3S2/c26-19-7-6-17(25(19)12-13-29-21-22-18(15-30-21)20(27)28)14-23-8-10-24(11-9-23)16-4-2-1-3-5-16/h15-17H,1-14H2,(H,27,28)/t17-/m1/s1. The third-order valence-corrected chi connectivity index (χ3v) is 8.68. The second-order valence-corrected chi connectivity index (χ2v) is 10.8. The molecule has 0 aromatic carbocycles. The number of aromatic carboxylic acids is 1. The number of piperazine rings is 1. The van der Waals surface area contributed by atoms with Crippen molar-refractivity contribution in [2.45, 2.75) is 61.4 Å². The summed E-state index contributed by atoms with van der Waals surface area (Å²) in [6.45, 7) is 6.24. The van der Waals surface area contributed by atoms with Crippen LogP contribution in [0.5, 0.6) is 0 Å². The number of thiazole rings is 1. The Balaban J connectivity index is 1.21. The van der Waals surface area contributed by atoms with Crippen LogP contribution in [0.1, 0.15) is 55.4 Å². The van der Waals surface area contributed by atoms with Crippen LogP contribution in [0.25, 0.3) is 0 Å². The van der Waals surface area contributed by atoms with E-state index in [1.165, 1.54) is 43.4 Å². The molecule has 3 aliphatic rings. The van der Waals surface area contributed by atoms with Crippen molar-refractivity contribution < 1.29 is 14.7 Å². The maximum atomic E-state index is 12.4. The monoisotopic (exact) mass is 452 g/mol. The lowest BCUT2D eigenvalue weighted by molar-refractivity contribution is -0.128. The number of likely N-dealkylation sites (tertiary alicyclic amines) is 1. The Morgan fingerprint density at radius 3 is 2.63 bits per heavy atom. The van der Waals surface area contributed by atoms with Gasteiger partial charge in [-0.15, -0.1) is 11.3 Å². The van der Waals surface area contributed by atoms with E-state index < -0.39 is 5.97 Å². The van der Waals surface area contributed by atoms with Gasteiger partial charge in [-0.1, -0.05) is 31.0 Å². The Morgan fingerprint density at radius 1 is 1.17 bits per heavy atom. The van der Waals surface area contributed by atoms with Crippen LogP contribution in [0.4, 0.5) is 0 Å². The van der Waals surface area contributed by atoms with E-state index in [0.717, 1.165) is 55.3 Å². The van der Waals surface area contributed by atoms with Crippen LogP contribution >= 0.6 is 23.1 Å². The van der Waals surface area contributed by atoms with Crippen molar-refractivity contribution in [1.29, 1.82) is 0 Å². The molecular formula is C21H32N4O3S2. The first-order chi connectivity index (χ1) is 14.6. The molecule has 1 aliphatic carbocycles. The summed E-state index contributed by atoms with van der Waals surface area (Å²) in [6, 6.07) is 1.11. The normalized spacial score (nSPS) is 24.6. The minimum atomic E-state index is -0.989.